The molecule has 0 aliphatic heterocycles. The molecule has 0 heterocycles. The third-order valence-corrected chi connectivity index (χ3v) is 8.10. The van der Waals surface area contributed by atoms with Gasteiger partial charge < -0.3 is 0 Å². The van der Waals surface area contributed by atoms with Crippen LogP contribution in [0.5, 0.6) is 0 Å². The molecule has 0 amide bonds. The van der Waals surface area contributed by atoms with Crippen LogP contribution in [-0.2, 0) is 33.1 Å². The molecule has 2 N–H and O–H groups in total. The first-order valence-corrected chi connectivity index (χ1v) is 13.3. The normalized spacial score (nSPS) is 12.1. The maximum atomic E-state index is 12.3. The van der Waals surface area contributed by atoms with E-state index in [9.17, 15) is 16.8 Å². The minimum Gasteiger partial charge on any atom is -0.207 e. The van der Waals surface area contributed by atoms with Crippen molar-refractivity contribution in [3.63, 3.8) is 0 Å². The van der Waals surface area contributed by atoms with Gasteiger partial charge in [0, 0.05) is 22.0 Å². The summed E-state index contributed by atoms with van der Waals surface area (Å²) in [6.45, 7) is 0.257. The molecule has 3 aromatic carbocycles. The Morgan fingerprint density at radius 3 is 1.13 bits per heavy atom. The van der Waals surface area contributed by atoms with Crippen LogP contribution in [0.3, 0.4) is 0 Å². The smallest absolute Gasteiger partial charge is 0.207 e. The molecule has 0 aliphatic carbocycles. The van der Waals surface area contributed by atoms with E-state index in [1.54, 1.807) is 48.5 Å². The van der Waals surface area contributed by atoms with Crippen molar-refractivity contribution in [1.82, 2.24) is 9.44 Å². The van der Waals surface area contributed by atoms with E-state index in [4.69, 9.17) is 0 Å². The molecule has 6 nitrogen and oxygen atoms in total. The fourth-order valence-corrected chi connectivity index (χ4v) is 5.09. The van der Waals surface area contributed by atoms with E-state index < -0.39 is 20.0 Å². The van der Waals surface area contributed by atoms with Gasteiger partial charge in [0.1, 0.15) is 0 Å². The molecule has 0 aromatic heterocycles. The highest BCUT2D eigenvalue weighted by Crippen LogP contribution is 2.16. The van der Waals surface area contributed by atoms with Crippen LogP contribution < -0.4 is 9.44 Å². The van der Waals surface area contributed by atoms with Crippen LogP contribution in [0.4, 0.5) is 0 Å². The zero-order valence-electron chi connectivity index (χ0n) is 15.5. The minimum absolute atomic E-state index is 0.128. The van der Waals surface area contributed by atoms with E-state index in [1.165, 1.54) is 24.3 Å². The predicted molar refractivity (Wildman–Crippen MR) is 123 cm³/mol. The maximum absolute atomic E-state index is 12.3. The molecule has 0 radical (unpaired) electrons. The Morgan fingerprint density at radius 1 is 0.533 bits per heavy atom. The first-order chi connectivity index (χ1) is 14.2. The van der Waals surface area contributed by atoms with Crippen LogP contribution in [0.2, 0.25) is 0 Å². The lowest BCUT2D eigenvalue weighted by molar-refractivity contribution is 0.579. The molecule has 158 valence electrons. The number of sulfonamides is 2. The summed E-state index contributed by atoms with van der Waals surface area (Å²) in [5.74, 6) is 0. The SMILES string of the molecule is O=S(=O)(NCc1ccc(CNS(=O)(=O)c2ccc(Br)cc2)cc1)c1ccc(Br)cc1. The summed E-state index contributed by atoms with van der Waals surface area (Å²) in [5.41, 5.74) is 1.52. The number of hydrogen-bond donors (Lipinski definition) is 2. The van der Waals surface area contributed by atoms with Crippen molar-refractivity contribution < 1.29 is 16.8 Å². The molecule has 0 spiro atoms. The molecule has 3 rings (SSSR count). The van der Waals surface area contributed by atoms with E-state index in [0.29, 0.717) is 0 Å². The van der Waals surface area contributed by atoms with Crippen molar-refractivity contribution in [3.05, 3.63) is 92.9 Å². The van der Waals surface area contributed by atoms with Gasteiger partial charge in [0.15, 0.2) is 0 Å². The molecule has 30 heavy (non-hydrogen) atoms. The second kappa shape index (κ2) is 9.71. The number of halogens is 2. The molecular weight excluding hydrogens is 556 g/mol. The third kappa shape index (κ3) is 6.22. The Balaban J connectivity index is 1.58. The molecule has 10 heteroatoms. The van der Waals surface area contributed by atoms with E-state index >= 15 is 0 Å². The Hall–Kier alpha value is -1.56. The second-order valence-electron chi connectivity index (χ2n) is 6.37. The lowest BCUT2D eigenvalue weighted by Gasteiger charge is -2.09. The van der Waals surface area contributed by atoms with Gasteiger partial charge in [-0.3, -0.25) is 0 Å². The number of nitrogens with one attached hydrogen (secondary N) is 2. The highest BCUT2D eigenvalue weighted by Gasteiger charge is 2.14. The third-order valence-electron chi connectivity index (χ3n) is 4.20. The Labute approximate surface area is 193 Å². The summed E-state index contributed by atoms with van der Waals surface area (Å²) >= 11 is 6.55. The van der Waals surface area contributed by atoms with Gasteiger partial charge in [0.2, 0.25) is 20.0 Å². The van der Waals surface area contributed by atoms with E-state index in [2.05, 4.69) is 41.3 Å². The van der Waals surface area contributed by atoms with Crippen molar-refractivity contribution in [2.24, 2.45) is 0 Å². The van der Waals surface area contributed by atoms with Gasteiger partial charge in [-0.25, -0.2) is 26.3 Å². The van der Waals surface area contributed by atoms with Crippen LogP contribution in [0.1, 0.15) is 11.1 Å². The van der Waals surface area contributed by atoms with E-state index in [-0.39, 0.29) is 22.9 Å². The lowest BCUT2D eigenvalue weighted by atomic mass is 10.1. The predicted octanol–water partition coefficient (Wildman–Crippen LogP) is 4.17. The highest BCUT2D eigenvalue weighted by atomic mass is 79.9. The summed E-state index contributed by atoms with van der Waals surface area (Å²) in [7, 11) is -7.23. The van der Waals surface area contributed by atoms with E-state index in [0.717, 1.165) is 20.1 Å². The number of benzene rings is 3. The van der Waals surface area contributed by atoms with Gasteiger partial charge in [0.05, 0.1) is 9.79 Å². The van der Waals surface area contributed by atoms with Crippen LogP contribution in [0, 0.1) is 0 Å². The van der Waals surface area contributed by atoms with Gasteiger partial charge in [-0.1, -0.05) is 56.1 Å². The molecule has 0 bridgehead atoms. The Bertz CT molecular complexity index is 1110. The first kappa shape index (κ1) is 23.1. The standard InChI is InChI=1S/C20H18Br2N2O4S2/c21-17-5-9-19(10-6-17)29(25,26)23-13-15-1-2-16(4-3-15)14-24-30(27,28)20-11-7-18(22)8-12-20/h1-12,23-24H,13-14H2. The molecule has 0 unspecified atom stereocenters. The van der Waals surface area contributed by atoms with Crippen molar-refractivity contribution >= 4 is 51.9 Å². The van der Waals surface area contributed by atoms with Crippen molar-refractivity contribution in [3.8, 4) is 0 Å². The molecule has 3 aromatic rings. The largest absolute Gasteiger partial charge is 0.240 e. The topological polar surface area (TPSA) is 92.3 Å². The summed E-state index contributed by atoms with van der Waals surface area (Å²) in [6, 6.07) is 19.8. The zero-order valence-corrected chi connectivity index (χ0v) is 20.4. The maximum Gasteiger partial charge on any atom is 0.240 e. The van der Waals surface area contributed by atoms with Gasteiger partial charge >= 0.3 is 0 Å². The van der Waals surface area contributed by atoms with Crippen molar-refractivity contribution in [2.75, 3.05) is 0 Å². The summed E-state index contributed by atoms with van der Waals surface area (Å²) in [6.07, 6.45) is 0. The first-order valence-electron chi connectivity index (χ1n) is 8.74. The van der Waals surface area contributed by atoms with Crippen LogP contribution in [-0.4, -0.2) is 16.8 Å². The Morgan fingerprint density at radius 2 is 0.833 bits per heavy atom. The second-order valence-corrected chi connectivity index (χ2v) is 11.7. The Kier molecular flexibility index (Phi) is 7.48. The van der Waals surface area contributed by atoms with Gasteiger partial charge in [-0.05, 0) is 59.7 Å². The number of rotatable bonds is 8. The monoisotopic (exact) mass is 572 g/mol. The summed E-state index contributed by atoms with van der Waals surface area (Å²) in [4.78, 5) is 0.370. The molecule has 0 saturated carbocycles. The summed E-state index contributed by atoms with van der Waals surface area (Å²) < 4.78 is 56.1. The van der Waals surface area contributed by atoms with Gasteiger partial charge in [0.25, 0.3) is 0 Å². The molecule has 0 saturated heterocycles. The van der Waals surface area contributed by atoms with Gasteiger partial charge in [-0.2, -0.15) is 0 Å². The quantitative estimate of drug-likeness (QED) is 0.423. The fourth-order valence-electron chi connectivity index (χ4n) is 2.53. The van der Waals surface area contributed by atoms with Gasteiger partial charge in [-0.15, -0.1) is 0 Å². The highest BCUT2D eigenvalue weighted by molar-refractivity contribution is 9.10. The fraction of sp³-hybridized carbons (Fsp3) is 0.100. The average Bonchev–Trinajstić information content (AvgIpc) is 2.72. The van der Waals surface area contributed by atoms with Crippen molar-refractivity contribution in [1.29, 1.82) is 0 Å². The van der Waals surface area contributed by atoms with Crippen LogP contribution in [0.25, 0.3) is 0 Å². The molecule has 0 atom stereocenters. The average molecular weight is 574 g/mol. The number of hydrogen-bond acceptors (Lipinski definition) is 4. The lowest BCUT2D eigenvalue weighted by Crippen LogP contribution is -2.24. The van der Waals surface area contributed by atoms with Crippen molar-refractivity contribution in [2.45, 2.75) is 22.9 Å². The molecule has 0 aliphatic rings. The molecule has 0 fully saturated rings. The zero-order chi connectivity index (χ0) is 21.8. The van der Waals surface area contributed by atoms with E-state index in [1.807, 2.05) is 0 Å². The summed E-state index contributed by atoms with van der Waals surface area (Å²) in [5, 5.41) is 0. The molecular formula is C20H18Br2N2O4S2. The van der Waals surface area contributed by atoms with Crippen LogP contribution in [0.15, 0.2) is 91.5 Å². The minimum atomic E-state index is -3.61. The van der Waals surface area contributed by atoms with Crippen LogP contribution >= 0.6 is 31.9 Å².